The van der Waals surface area contributed by atoms with Gasteiger partial charge in [-0.05, 0) is 121 Å². The van der Waals surface area contributed by atoms with Crippen LogP contribution in [-0.4, -0.2) is 216 Å². The highest BCUT2D eigenvalue weighted by Gasteiger charge is 2.61. The van der Waals surface area contributed by atoms with Crippen LogP contribution < -0.4 is 18.9 Å². The SMILES string of the molecule is [B][10B]C1[10B]([B])C1([10B][B])Cc1ccc(Oc2cccc3c2-c2nc-3nc3[nH]c(nc4nc(nc5[nH]c(n2)c2cccc(Oc6ccc(CC7([10B][B])[10B]([B])C7[10B][B])cc6)c52)-c2c(Oc5ccc(CC6([10B][B])[10B]([B])C6[10B][B])cc5)cccc2-4)c2c(Oc4ccc(CC5([10B][B])[10B]([B])C5[10B][B])cc4)cccc32)cc1. The standard InChI is InChI=1S/C68H42B24N8O4/c69-81-61-65(85-73,89(61)77)29-33-13-21-37(22-14-33)101-45-9-1-5-41-49(45)57-94-53(41)93-54-42-6-2-10-46(102-38-23-15-34(16-24-38)30-66(86-74)62(82-70)90(66)78)50(42)58(95-54)97-56-44-8-4-12-48(104-40-27-19-36(20-28-40)32-68(88-76)64(84-72)92(68)80)52(44)60(99-56)100-59-51-43(55(96-57)98-59)7-3-11-47(51)103-39-25-17-35(18-26-39)31-67(87-75)63(83-71)91(67)79/h1-28,61-64H,29-32H2,(H2,93,94,95,96,97,98,99,100)/i81-1,82-1,83-1,84-1,85-1,86-1,87-1,88-1,89-1,90-1,91-1,92-1. The van der Waals surface area contributed by atoms with E-state index in [1.807, 2.05) is 170 Å². The van der Waals surface area contributed by atoms with Crippen molar-refractivity contribution < 1.29 is 18.9 Å². The summed E-state index contributed by atoms with van der Waals surface area (Å²) in [7, 11) is 88.1. The molecule has 0 aliphatic carbocycles. The third kappa shape index (κ3) is 11.6. The highest BCUT2D eigenvalue weighted by Crippen LogP contribution is 2.64. The van der Waals surface area contributed by atoms with Crippen LogP contribution >= 0.6 is 0 Å². The first-order chi connectivity index (χ1) is 50.6. The number of nitrogens with zero attached hydrogens (tertiary/aromatic N) is 6. The zero-order valence-electron chi connectivity index (χ0n) is 56.5. The maximum atomic E-state index is 6.93. The fourth-order valence-electron chi connectivity index (χ4n) is 16.2. The topological polar surface area (TPSA) is 146 Å². The Balaban J connectivity index is 0.845. The van der Waals surface area contributed by atoms with Gasteiger partial charge in [0.1, 0.15) is 68.6 Å². The molecule has 8 unspecified atom stereocenters. The van der Waals surface area contributed by atoms with Gasteiger partial charge in [0.15, 0.2) is 23.3 Å². The van der Waals surface area contributed by atoms with Crippen molar-refractivity contribution in [3.05, 3.63) is 192 Å². The lowest BCUT2D eigenvalue weighted by molar-refractivity contribution is 0.484. The Kier molecular flexibility index (Phi) is 17.9. The van der Waals surface area contributed by atoms with Crippen molar-refractivity contribution in [3.63, 3.8) is 0 Å². The molecule has 6 aliphatic heterocycles. The molecule has 0 spiro atoms. The molecule has 450 valence electrons. The van der Waals surface area contributed by atoms with Gasteiger partial charge in [0.25, 0.3) is 0 Å². The van der Waals surface area contributed by atoms with Gasteiger partial charge in [-0.3, -0.25) is 0 Å². The highest BCUT2D eigenvalue weighted by molar-refractivity contribution is 7.30. The number of benzene rings is 8. The van der Waals surface area contributed by atoms with E-state index in [9.17, 15) is 0 Å². The van der Waals surface area contributed by atoms with E-state index in [0.717, 1.165) is 22.3 Å². The van der Waals surface area contributed by atoms with Crippen LogP contribution in [0.5, 0.6) is 46.0 Å². The second kappa shape index (κ2) is 27.0. The Labute approximate surface area is 628 Å². The molecule has 32 radical (unpaired) electrons. The van der Waals surface area contributed by atoms with Crippen molar-refractivity contribution in [3.8, 4) is 91.5 Å². The summed E-state index contributed by atoms with van der Waals surface area (Å²) in [5.41, 5.74) is 7.85. The zero-order valence-corrected chi connectivity index (χ0v) is 56.5. The fourth-order valence-corrected chi connectivity index (χ4v) is 16.2. The quantitative estimate of drug-likeness (QED) is 0.0592. The summed E-state index contributed by atoms with van der Waals surface area (Å²) in [5.74, 6) is 5.28. The molecule has 11 aromatic rings. The highest BCUT2D eigenvalue weighted by atomic mass is 16.5. The molecule has 3 aromatic heterocycles. The van der Waals surface area contributed by atoms with Gasteiger partial charge in [-0.1, -0.05) is 97.1 Å². The van der Waals surface area contributed by atoms with Gasteiger partial charge < -0.3 is 28.9 Å². The van der Waals surface area contributed by atoms with Gasteiger partial charge in [0, 0.05) is 143 Å². The Morgan fingerprint density at radius 2 is 0.587 bits per heavy atom. The molecule has 12 nitrogen and oxygen atoms in total. The summed E-state index contributed by atoms with van der Waals surface area (Å²) in [6, 6.07) is 54.3. The lowest BCUT2D eigenvalue weighted by atomic mass is 8.78. The molecule has 6 aliphatic rings. The van der Waals surface area contributed by atoms with E-state index in [4.69, 9.17) is 142 Å². The maximum absolute atomic E-state index is 6.93. The predicted molar refractivity (Wildman–Crippen MR) is 441 cm³/mol. The number of aromatic nitrogens is 8. The van der Waals surface area contributed by atoms with Gasteiger partial charge in [-0.2, -0.15) is 0 Å². The number of aromatic amines is 2. The number of rotatable bonds is 24. The number of H-pyrrole nitrogens is 2. The third-order valence-corrected chi connectivity index (χ3v) is 22.6. The molecule has 4 saturated heterocycles. The molecule has 0 saturated carbocycles. The van der Waals surface area contributed by atoms with E-state index < -0.39 is 20.9 Å². The average molecular weight is 1290 g/mol. The molecule has 4 fully saturated rings. The Morgan fingerprint density at radius 3 is 0.885 bits per heavy atom. The molecule has 2 N–H and O–H groups in total. The first-order valence-corrected chi connectivity index (χ1v) is 34.5. The molecule has 104 heavy (non-hydrogen) atoms. The predicted octanol–water partition coefficient (Wildman–Crippen LogP) is 7.31. The molecular weight excluding hydrogens is 1240 g/mol. The van der Waals surface area contributed by atoms with Gasteiger partial charge in [0.05, 0.1) is 77.0 Å². The minimum absolute atomic E-state index is 0.0328. The Hall–Kier alpha value is -8.12. The lowest BCUT2D eigenvalue weighted by Gasteiger charge is -2.18. The number of nitrogens with one attached hydrogen (secondary N) is 2. The van der Waals surface area contributed by atoms with Crippen molar-refractivity contribution in [2.45, 2.75) is 69.4 Å². The van der Waals surface area contributed by atoms with Crippen LogP contribution in [0.1, 0.15) is 22.3 Å². The number of fused-ring (bicyclic) bond motifs is 20. The van der Waals surface area contributed by atoms with E-state index >= 15 is 0 Å². The van der Waals surface area contributed by atoms with Crippen LogP contribution in [0.4, 0.5) is 0 Å². The normalized spacial score (nSPS) is 22.2. The first-order valence-electron chi connectivity index (χ1n) is 34.5. The van der Waals surface area contributed by atoms with Gasteiger partial charge >= 0.3 is 0 Å². The zero-order chi connectivity index (χ0) is 71.6. The van der Waals surface area contributed by atoms with Gasteiger partial charge in [0.2, 0.25) is 0 Å². The largest absolute Gasteiger partial charge is 0.457 e. The smallest absolute Gasteiger partial charge is 0.168 e. The van der Waals surface area contributed by atoms with Crippen molar-refractivity contribution >= 4 is 221 Å². The Morgan fingerprint density at radius 1 is 0.317 bits per heavy atom. The van der Waals surface area contributed by atoms with E-state index in [1.165, 1.54) is 0 Å². The van der Waals surface area contributed by atoms with Crippen LogP contribution in [0.3, 0.4) is 0 Å². The monoisotopic (exact) mass is 1290 g/mol. The van der Waals surface area contributed by atoms with Gasteiger partial charge in [-0.15, -0.1) is 43.7 Å². The molecule has 8 bridgehead atoms. The van der Waals surface area contributed by atoms with E-state index in [0.29, 0.717) is 150 Å². The number of ether oxygens (including phenoxy) is 4. The average Bonchev–Trinajstić information content (AvgIpc) is 1.58. The molecule has 0 amide bonds. The maximum Gasteiger partial charge on any atom is 0.168 e. The fraction of sp³-hybridized carbons (Fsp3) is 0.176. The van der Waals surface area contributed by atoms with Gasteiger partial charge in [-0.25, -0.2) is 29.9 Å². The summed E-state index contributed by atoms with van der Waals surface area (Å²) >= 11 is 0. The van der Waals surface area contributed by atoms with Crippen LogP contribution in [0.25, 0.3) is 89.7 Å². The lowest BCUT2D eigenvalue weighted by Crippen LogP contribution is -2.15. The van der Waals surface area contributed by atoms with Crippen LogP contribution in [0.15, 0.2) is 170 Å². The number of hydrogen-bond acceptors (Lipinski definition) is 10. The van der Waals surface area contributed by atoms with Crippen molar-refractivity contribution in [1.82, 2.24) is 39.9 Å². The molecule has 8 atom stereocenters. The second-order valence-corrected chi connectivity index (χ2v) is 28.1. The van der Waals surface area contributed by atoms with E-state index in [1.54, 1.807) is 57.4 Å². The van der Waals surface area contributed by atoms with Crippen molar-refractivity contribution in [2.24, 2.45) is 0 Å². The minimum atomic E-state index is -0.448. The second-order valence-electron chi connectivity index (χ2n) is 28.1. The van der Waals surface area contributed by atoms with E-state index in [2.05, 4.69) is 9.97 Å². The Bertz CT molecular complexity index is 5370. The summed E-state index contributed by atoms with van der Waals surface area (Å²) in [6.45, 7) is -0.735. The molecule has 9 heterocycles. The van der Waals surface area contributed by atoms with Crippen LogP contribution in [0.2, 0.25) is 43.7 Å². The third-order valence-electron chi connectivity index (χ3n) is 22.6. The van der Waals surface area contributed by atoms with Crippen LogP contribution in [-0.2, 0) is 25.7 Å². The summed E-state index contributed by atoms with van der Waals surface area (Å²) in [4.78, 5) is 39.8. The van der Waals surface area contributed by atoms with E-state index in [-0.39, 0.29) is 60.9 Å². The molecule has 36 heteroatoms. The number of hydrogen-bond donors (Lipinski definition) is 2. The summed E-state index contributed by atoms with van der Waals surface area (Å²) in [5, 5.41) is 0.724. The minimum Gasteiger partial charge on any atom is -0.457 e. The molecular formula is C68H42B24N8O4. The van der Waals surface area contributed by atoms with Crippen LogP contribution in [0, 0.1) is 0 Å². The summed E-state index contributed by atoms with van der Waals surface area (Å²) in [6.07, 6.45) is 2.40. The molecule has 8 aromatic carbocycles. The first kappa shape index (κ1) is 69.0. The molecule has 17 rings (SSSR count). The van der Waals surface area contributed by atoms with Crippen molar-refractivity contribution in [1.29, 1.82) is 0 Å². The summed E-state index contributed by atoms with van der Waals surface area (Å²) < 4.78 is 27.7. The van der Waals surface area contributed by atoms with Crippen molar-refractivity contribution in [2.75, 3.05) is 0 Å².